The quantitative estimate of drug-likeness (QED) is 0.196. The Morgan fingerprint density at radius 1 is 1.00 bits per heavy atom. The van der Waals surface area contributed by atoms with E-state index in [-0.39, 0.29) is 48.1 Å². The minimum atomic E-state index is -0.838. The molecular weight excluding hydrogens is 578 g/mol. The van der Waals surface area contributed by atoms with Crippen LogP contribution in [0, 0.1) is 17.8 Å². The molecule has 0 fully saturated rings. The van der Waals surface area contributed by atoms with Crippen molar-refractivity contribution >= 4 is 50.9 Å². The number of methoxy groups -OCH3 is 1. The van der Waals surface area contributed by atoms with Gasteiger partial charge in [-0.1, -0.05) is 55.6 Å². The number of hydrogen-bond acceptors (Lipinski definition) is 6. The van der Waals surface area contributed by atoms with Crippen LogP contribution in [0.1, 0.15) is 71.8 Å². The number of rotatable bonds is 15. The third kappa shape index (κ3) is 10.2. The van der Waals surface area contributed by atoms with Gasteiger partial charge in [0.15, 0.2) is 11.6 Å². The number of anilines is 1. The molecule has 1 aromatic rings. The van der Waals surface area contributed by atoms with Crippen LogP contribution < -0.4 is 20.7 Å². The molecule has 2 rings (SSSR count). The largest absolute Gasteiger partial charge is 0.495 e. The number of alkyl halides is 1. The van der Waals surface area contributed by atoms with Crippen molar-refractivity contribution in [1.82, 2.24) is 10.6 Å². The van der Waals surface area contributed by atoms with Crippen LogP contribution in [-0.2, 0) is 29.3 Å². The summed E-state index contributed by atoms with van der Waals surface area (Å²) < 4.78 is 5.36. The molecule has 220 valence electrons. The number of allylic oxidation sites excluding steroid dienone is 2. The second kappa shape index (κ2) is 16.3. The Hall–Kier alpha value is -3.01. The fourth-order valence-corrected chi connectivity index (χ4v) is 4.96. The summed E-state index contributed by atoms with van der Waals surface area (Å²) in [5.74, 6) is -0.863. The monoisotopic (exact) mass is 619 g/mol. The maximum absolute atomic E-state index is 13.0. The molecule has 40 heavy (non-hydrogen) atoms. The number of halogens is 1. The first-order chi connectivity index (χ1) is 19.0. The van der Waals surface area contributed by atoms with E-state index in [1.165, 1.54) is 19.3 Å². The van der Waals surface area contributed by atoms with E-state index in [0.29, 0.717) is 23.2 Å². The summed E-state index contributed by atoms with van der Waals surface area (Å²) in [4.78, 5) is 62.0. The van der Waals surface area contributed by atoms with E-state index in [1.807, 2.05) is 32.9 Å². The van der Waals surface area contributed by atoms with Crippen LogP contribution >= 0.6 is 15.9 Å². The lowest BCUT2D eigenvalue weighted by Gasteiger charge is -2.24. The van der Waals surface area contributed by atoms with Gasteiger partial charge in [0.2, 0.25) is 17.7 Å². The molecule has 0 spiro atoms. The van der Waals surface area contributed by atoms with Gasteiger partial charge in [0.25, 0.3) is 0 Å². The van der Waals surface area contributed by atoms with Crippen LogP contribution in [0.2, 0.25) is 0 Å². The molecule has 4 atom stereocenters. The van der Waals surface area contributed by atoms with Crippen molar-refractivity contribution in [2.24, 2.45) is 17.8 Å². The van der Waals surface area contributed by atoms with Gasteiger partial charge in [0.05, 0.1) is 12.8 Å². The van der Waals surface area contributed by atoms with Crippen LogP contribution in [0.15, 0.2) is 30.4 Å². The first-order valence-electron chi connectivity index (χ1n) is 13.8. The average molecular weight is 621 g/mol. The standard InChI is InChI=1S/C30H42BrN3O6/c1-18(2)28(30(39)32-20(4)29(38)33-24-13-11-21(17-31)15-26(24)40-5)34-27(37)10-8-6-7-9-19(3)23-16-22(35)12-14-25(23)36/h11-15,18-20,23,28H,6-10,16-17H2,1-5H3,(H,32,39)(H,33,38)(H,34,37)/t19?,20-,23?,28-/m0/s1. The van der Waals surface area contributed by atoms with Gasteiger partial charge >= 0.3 is 0 Å². The smallest absolute Gasteiger partial charge is 0.246 e. The Morgan fingerprint density at radius 2 is 1.73 bits per heavy atom. The fraction of sp³-hybridized carbons (Fsp3) is 0.567. The second-order valence-electron chi connectivity index (χ2n) is 10.8. The summed E-state index contributed by atoms with van der Waals surface area (Å²) >= 11 is 3.39. The van der Waals surface area contributed by atoms with E-state index in [2.05, 4.69) is 31.9 Å². The van der Waals surface area contributed by atoms with E-state index in [9.17, 15) is 24.0 Å². The van der Waals surface area contributed by atoms with E-state index in [0.717, 1.165) is 24.8 Å². The maximum Gasteiger partial charge on any atom is 0.246 e. The number of ketones is 2. The lowest BCUT2D eigenvalue weighted by Crippen LogP contribution is -2.53. The van der Waals surface area contributed by atoms with Gasteiger partial charge in [0, 0.05) is 24.1 Å². The van der Waals surface area contributed by atoms with Crippen LogP contribution in [0.4, 0.5) is 5.69 Å². The van der Waals surface area contributed by atoms with E-state index < -0.39 is 23.9 Å². The van der Waals surface area contributed by atoms with Crippen molar-refractivity contribution in [2.45, 2.75) is 83.6 Å². The zero-order chi connectivity index (χ0) is 29.8. The highest BCUT2D eigenvalue weighted by molar-refractivity contribution is 9.08. The SMILES string of the molecule is COc1cc(CBr)ccc1NC(=O)[C@H](C)NC(=O)[C@@H](NC(=O)CCCCCC(C)C1CC(=O)C=CC1=O)C(C)C. The number of nitrogens with one attached hydrogen (secondary N) is 3. The van der Waals surface area contributed by atoms with Crippen molar-refractivity contribution in [3.8, 4) is 5.75 Å². The normalized spacial score (nSPS) is 17.2. The summed E-state index contributed by atoms with van der Waals surface area (Å²) in [5.41, 5.74) is 1.49. The minimum Gasteiger partial charge on any atom is -0.495 e. The second-order valence-corrected chi connectivity index (χ2v) is 11.3. The van der Waals surface area contributed by atoms with E-state index in [1.54, 1.807) is 13.0 Å². The van der Waals surface area contributed by atoms with Gasteiger partial charge in [-0.05, 0) is 61.4 Å². The van der Waals surface area contributed by atoms with Crippen LogP contribution in [0.5, 0.6) is 5.75 Å². The average Bonchev–Trinajstić information content (AvgIpc) is 2.92. The zero-order valence-electron chi connectivity index (χ0n) is 24.1. The lowest BCUT2D eigenvalue weighted by atomic mass is 9.80. The topological polar surface area (TPSA) is 131 Å². The van der Waals surface area contributed by atoms with Crippen molar-refractivity contribution in [3.63, 3.8) is 0 Å². The van der Waals surface area contributed by atoms with Crippen molar-refractivity contribution in [2.75, 3.05) is 12.4 Å². The summed E-state index contributed by atoms with van der Waals surface area (Å²) in [6.07, 6.45) is 6.39. The highest BCUT2D eigenvalue weighted by Crippen LogP contribution is 2.27. The Morgan fingerprint density at radius 3 is 2.38 bits per heavy atom. The van der Waals surface area contributed by atoms with Crippen molar-refractivity contribution < 1.29 is 28.7 Å². The predicted octanol–water partition coefficient (Wildman–Crippen LogP) is 4.48. The number of ether oxygens (including phenoxy) is 1. The van der Waals surface area contributed by atoms with Crippen molar-refractivity contribution in [1.29, 1.82) is 0 Å². The number of benzene rings is 1. The molecule has 0 heterocycles. The highest BCUT2D eigenvalue weighted by atomic mass is 79.9. The van der Waals surface area contributed by atoms with E-state index >= 15 is 0 Å². The number of carbonyl (C=O) groups is 5. The predicted molar refractivity (Wildman–Crippen MR) is 158 cm³/mol. The van der Waals surface area contributed by atoms with Gasteiger partial charge in [-0.2, -0.15) is 0 Å². The Kier molecular flexibility index (Phi) is 13.5. The summed E-state index contributed by atoms with van der Waals surface area (Å²) in [6.45, 7) is 7.24. The molecule has 0 aliphatic heterocycles. The van der Waals surface area contributed by atoms with Crippen LogP contribution in [0.3, 0.4) is 0 Å². The van der Waals surface area contributed by atoms with E-state index in [4.69, 9.17) is 4.74 Å². The molecule has 3 amide bonds. The van der Waals surface area contributed by atoms with Gasteiger partial charge in [0.1, 0.15) is 17.8 Å². The zero-order valence-corrected chi connectivity index (χ0v) is 25.6. The Balaban J connectivity index is 1.79. The number of hydrogen-bond donors (Lipinski definition) is 3. The molecule has 10 heteroatoms. The molecule has 3 N–H and O–H groups in total. The molecule has 9 nitrogen and oxygen atoms in total. The summed E-state index contributed by atoms with van der Waals surface area (Å²) in [5, 5.41) is 8.94. The molecule has 0 bridgehead atoms. The lowest BCUT2D eigenvalue weighted by molar-refractivity contribution is -0.131. The third-order valence-electron chi connectivity index (χ3n) is 7.17. The number of amides is 3. The summed E-state index contributed by atoms with van der Waals surface area (Å²) in [7, 11) is 1.52. The fourth-order valence-electron chi connectivity index (χ4n) is 4.61. The first kappa shape index (κ1) is 33.2. The van der Waals surface area contributed by atoms with Crippen LogP contribution in [0.25, 0.3) is 0 Å². The minimum absolute atomic E-state index is 0.00714. The molecule has 0 saturated carbocycles. The molecule has 1 aliphatic carbocycles. The Bertz CT molecular complexity index is 1100. The molecular formula is C30H42BrN3O6. The first-order valence-corrected chi connectivity index (χ1v) is 15.0. The summed E-state index contributed by atoms with van der Waals surface area (Å²) in [6, 6.07) is 3.80. The third-order valence-corrected chi connectivity index (χ3v) is 7.81. The molecule has 1 aliphatic rings. The van der Waals surface area contributed by atoms with Gasteiger partial charge in [-0.25, -0.2) is 0 Å². The van der Waals surface area contributed by atoms with Crippen molar-refractivity contribution in [3.05, 3.63) is 35.9 Å². The van der Waals surface area contributed by atoms with Crippen LogP contribution in [-0.4, -0.2) is 48.5 Å². The molecule has 0 aromatic heterocycles. The molecule has 1 aromatic carbocycles. The molecule has 0 radical (unpaired) electrons. The maximum atomic E-state index is 13.0. The Labute approximate surface area is 245 Å². The number of unbranched alkanes of at least 4 members (excludes halogenated alkanes) is 2. The van der Waals surface area contributed by atoms with Gasteiger partial charge in [-0.3, -0.25) is 24.0 Å². The van der Waals surface area contributed by atoms with Gasteiger partial charge < -0.3 is 20.7 Å². The molecule has 2 unspecified atom stereocenters. The molecule has 0 saturated heterocycles. The number of carbonyl (C=O) groups excluding carboxylic acids is 5. The van der Waals surface area contributed by atoms with Gasteiger partial charge in [-0.15, -0.1) is 0 Å². The highest BCUT2D eigenvalue weighted by Gasteiger charge is 2.29.